The molecule has 1 aromatic carbocycles. The van der Waals surface area contributed by atoms with Gasteiger partial charge in [0, 0.05) is 38.9 Å². The molecule has 0 unspecified atom stereocenters. The SMILES string of the molecule is COCCCNCc1c(-c2ccc(F)cc2)noc1N1CCOCC1. The van der Waals surface area contributed by atoms with Crippen molar-refractivity contribution in [3.8, 4) is 11.3 Å². The molecule has 1 aliphatic heterocycles. The third-order valence-electron chi connectivity index (χ3n) is 4.19. The van der Waals surface area contributed by atoms with Crippen molar-refractivity contribution >= 4 is 5.88 Å². The average molecular weight is 349 g/mol. The standard InChI is InChI=1S/C18H24FN3O3/c1-23-10-2-7-20-13-16-17(14-3-5-15(19)6-4-14)21-25-18(16)22-8-11-24-12-9-22/h3-6,20H,2,7-13H2,1H3. The zero-order valence-electron chi connectivity index (χ0n) is 14.5. The van der Waals surface area contributed by atoms with Gasteiger partial charge in [0.25, 0.3) is 0 Å². The maximum atomic E-state index is 13.2. The van der Waals surface area contributed by atoms with Gasteiger partial charge in [0.1, 0.15) is 11.5 Å². The van der Waals surface area contributed by atoms with E-state index in [2.05, 4.69) is 15.4 Å². The summed E-state index contributed by atoms with van der Waals surface area (Å²) in [5.74, 6) is 0.502. The highest BCUT2D eigenvalue weighted by atomic mass is 19.1. The van der Waals surface area contributed by atoms with Gasteiger partial charge in [-0.2, -0.15) is 0 Å². The van der Waals surface area contributed by atoms with E-state index in [-0.39, 0.29) is 5.82 Å². The fourth-order valence-corrected chi connectivity index (χ4v) is 2.86. The fraction of sp³-hybridized carbons (Fsp3) is 0.500. The van der Waals surface area contributed by atoms with E-state index in [0.29, 0.717) is 19.8 Å². The maximum Gasteiger partial charge on any atom is 0.232 e. The number of hydrogen-bond acceptors (Lipinski definition) is 6. The first-order chi connectivity index (χ1) is 12.3. The second-order valence-corrected chi connectivity index (χ2v) is 5.94. The van der Waals surface area contributed by atoms with E-state index in [1.165, 1.54) is 12.1 Å². The largest absolute Gasteiger partial charge is 0.385 e. The first-order valence-corrected chi connectivity index (χ1v) is 8.56. The Morgan fingerprint density at radius 3 is 2.72 bits per heavy atom. The Kier molecular flexibility index (Phi) is 6.38. The first-order valence-electron chi connectivity index (χ1n) is 8.56. The van der Waals surface area contributed by atoms with Crippen molar-refractivity contribution in [3.05, 3.63) is 35.6 Å². The summed E-state index contributed by atoms with van der Waals surface area (Å²) in [6.45, 7) is 5.08. The van der Waals surface area contributed by atoms with Crippen LogP contribution in [0.4, 0.5) is 10.3 Å². The Morgan fingerprint density at radius 2 is 2.00 bits per heavy atom. The quantitative estimate of drug-likeness (QED) is 0.739. The highest BCUT2D eigenvalue weighted by Crippen LogP contribution is 2.31. The smallest absolute Gasteiger partial charge is 0.232 e. The Morgan fingerprint density at radius 1 is 1.24 bits per heavy atom. The van der Waals surface area contributed by atoms with E-state index in [1.807, 2.05) is 0 Å². The van der Waals surface area contributed by atoms with Crippen LogP contribution in [0.15, 0.2) is 28.8 Å². The molecule has 0 bridgehead atoms. The van der Waals surface area contributed by atoms with Crippen LogP contribution < -0.4 is 10.2 Å². The van der Waals surface area contributed by atoms with Gasteiger partial charge in [-0.15, -0.1) is 0 Å². The summed E-state index contributed by atoms with van der Waals surface area (Å²) < 4.78 is 29.4. The number of nitrogens with one attached hydrogen (secondary N) is 1. The van der Waals surface area contributed by atoms with Gasteiger partial charge in [-0.3, -0.25) is 0 Å². The summed E-state index contributed by atoms with van der Waals surface area (Å²) in [5.41, 5.74) is 2.59. The molecule has 1 fully saturated rings. The van der Waals surface area contributed by atoms with E-state index in [9.17, 15) is 4.39 Å². The van der Waals surface area contributed by atoms with Crippen molar-refractivity contribution in [1.82, 2.24) is 10.5 Å². The Labute approximate surface area is 146 Å². The number of benzene rings is 1. The molecule has 1 aromatic heterocycles. The van der Waals surface area contributed by atoms with Crippen molar-refractivity contribution in [2.24, 2.45) is 0 Å². The van der Waals surface area contributed by atoms with Gasteiger partial charge in [-0.05, 0) is 37.2 Å². The van der Waals surface area contributed by atoms with Crippen LogP contribution in [0.2, 0.25) is 0 Å². The summed E-state index contributed by atoms with van der Waals surface area (Å²) in [7, 11) is 1.70. The molecule has 136 valence electrons. The summed E-state index contributed by atoms with van der Waals surface area (Å²) in [6.07, 6.45) is 0.931. The lowest BCUT2D eigenvalue weighted by atomic mass is 10.1. The van der Waals surface area contributed by atoms with Crippen LogP contribution in [0.3, 0.4) is 0 Å². The van der Waals surface area contributed by atoms with Gasteiger partial charge in [0.05, 0.1) is 18.8 Å². The molecule has 6 nitrogen and oxygen atoms in total. The van der Waals surface area contributed by atoms with Crippen LogP contribution in [-0.2, 0) is 16.0 Å². The van der Waals surface area contributed by atoms with Crippen LogP contribution >= 0.6 is 0 Å². The minimum atomic E-state index is -0.264. The predicted molar refractivity (Wildman–Crippen MR) is 93.1 cm³/mol. The molecule has 3 rings (SSSR count). The molecule has 2 aromatic rings. The highest BCUT2D eigenvalue weighted by Gasteiger charge is 2.23. The Hall–Kier alpha value is -1.96. The van der Waals surface area contributed by atoms with Crippen molar-refractivity contribution in [3.63, 3.8) is 0 Å². The van der Waals surface area contributed by atoms with Crippen molar-refractivity contribution in [1.29, 1.82) is 0 Å². The number of rotatable bonds is 8. The Balaban J connectivity index is 1.80. The van der Waals surface area contributed by atoms with Gasteiger partial charge < -0.3 is 24.2 Å². The number of anilines is 1. The molecular formula is C18H24FN3O3. The van der Waals surface area contributed by atoms with Crippen LogP contribution in [0.1, 0.15) is 12.0 Å². The fourth-order valence-electron chi connectivity index (χ4n) is 2.86. The number of aromatic nitrogens is 1. The third kappa shape index (κ3) is 4.56. The molecule has 2 heterocycles. The molecular weight excluding hydrogens is 325 g/mol. The summed E-state index contributed by atoms with van der Waals surface area (Å²) >= 11 is 0. The molecule has 1 saturated heterocycles. The number of hydrogen-bond donors (Lipinski definition) is 1. The van der Waals surface area contributed by atoms with E-state index in [1.54, 1.807) is 19.2 Å². The van der Waals surface area contributed by atoms with Crippen molar-refractivity contribution in [2.45, 2.75) is 13.0 Å². The van der Waals surface area contributed by atoms with Gasteiger partial charge in [0.15, 0.2) is 0 Å². The molecule has 0 saturated carbocycles. The van der Waals surface area contributed by atoms with Gasteiger partial charge >= 0.3 is 0 Å². The molecule has 1 N–H and O–H groups in total. The van der Waals surface area contributed by atoms with E-state index >= 15 is 0 Å². The maximum absolute atomic E-state index is 13.2. The average Bonchev–Trinajstić information content (AvgIpc) is 3.07. The van der Waals surface area contributed by atoms with E-state index < -0.39 is 0 Å². The van der Waals surface area contributed by atoms with Crippen molar-refractivity contribution < 1.29 is 18.4 Å². The molecule has 0 aliphatic carbocycles. The molecule has 0 radical (unpaired) electrons. The lowest BCUT2D eigenvalue weighted by molar-refractivity contribution is 0.120. The molecule has 1 aliphatic rings. The number of ether oxygens (including phenoxy) is 2. The van der Waals surface area contributed by atoms with Crippen LogP contribution in [0.25, 0.3) is 11.3 Å². The molecule has 7 heteroatoms. The highest BCUT2D eigenvalue weighted by molar-refractivity contribution is 5.68. The lowest BCUT2D eigenvalue weighted by Crippen LogP contribution is -2.36. The zero-order valence-corrected chi connectivity index (χ0v) is 14.5. The number of methoxy groups -OCH3 is 1. The van der Waals surface area contributed by atoms with E-state index in [4.69, 9.17) is 14.0 Å². The summed E-state index contributed by atoms with van der Waals surface area (Å²) in [6, 6.07) is 6.33. The molecule has 0 spiro atoms. The van der Waals surface area contributed by atoms with Crippen LogP contribution in [-0.4, -0.2) is 51.7 Å². The van der Waals surface area contributed by atoms with E-state index in [0.717, 1.165) is 55.4 Å². The van der Waals surface area contributed by atoms with Gasteiger partial charge in [-0.1, -0.05) is 5.16 Å². The second kappa shape index (κ2) is 8.94. The van der Waals surface area contributed by atoms with Crippen LogP contribution in [0, 0.1) is 5.82 Å². The van der Waals surface area contributed by atoms with Gasteiger partial charge in [0.2, 0.25) is 5.88 Å². The monoisotopic (exact) mass is 349 g/mol. The number of morpholine rings is 1. The van der Waals surface area contributed by atoms with Gasteiger partial charge in [-0.25, -0.2) is 4.39 Å². The summed E-state index contributed by atoms with van der Waals surface area (Å²) in [5, 5.41) is 7.67. The first kappa shape index (κ1) is 17.8. The topological polar surface area (TPSA) is 59.8 Å². The van der Waals surface area contributed by atoms with Crippen molar-refractivity contribution in [2.75, 3.05) is 51.5 Å². The number of nitrogens with zero attached hydrogens (tertiary/aromatic N) is 2. The summed E-state index contributed by atoms with van der Waals surface area (Å²) in [4.78, 5) is 2.15. The number of halogens is 1. The second-order valence-electron chi connectivity index (χ2n) is 5.94. The lowest BCUT2D eigenvalue weighted by Gasteiger charge is -2.26. The molecule has 25 heavy (non-hydrogen) atoms. The minimum Gasteiger partial charge on any atom is -0.385 e. The molecule has 0 amide bonds. The minimum absolute atomic E-state index is 0.264. The zero-order chi connectivity index (χ0) is 17.5. The normalized spacial score (nSPS) is 14.9. The third-order valence-corrected chi connectivity index (χ3v) is 4.19. The predicted octanol–water partition coefficient (Wildman–Crippen LogP) is 2.44. The molecule has 0 atom stereocenters. The van der Waals surface area contributed by atoms with Crippen LogP contribution in [0.5, 0.6) is 0 Å². The Bertz CT molecular complexity index is 654.